The molecule has 0 radical (unpaired) electrons. The SMILES string of the molecule is Cc1ccc(C(=O)[SH](=O)=O)c(C(I)I)c1. The lowest BCUT2D eigenvalue weighted by Gasteiger charge is -2.08. The number of thiol groups is 1. The molecule has 0 heterocycles. The normalized spacial score (nSPS) is 11.0. The van der Waals surface area contributed by atoms with E-state index in [1.807, 2.05) is 13.0 Å². The minimum atomic E-state index is -3.03. The Hall–Kier alpha value is 0.300. The second-order valence-corrected chi connectivity index (χ2v) is 8.75. The fourth-order valence-electron chi connectivity index (χ4n) is 1.16. The standard InChI is InChI=1S/C9H8I2O3S/c1-5-2-3-6(9(12)15(13)14)7(4-5)8(10)11/h2-4,8,15H,1H3. The van der Waals surface area contributed by atoms with Crippen LogP contribution in [0.5, 0.6) is 0 Å². The number of rotatable bonds is 2. The maximum atomic E-state index is 11.4. The summed E-state index contributed by atoms with van der Waals surface area (Å²) in [6.45, 7) is 1.91. The fourth-order valence-corrected chi connectivity index (χ4v) is 2.59. The second-order valence-electron chi connectivity index (χ2n) is 2.95. The molecule has 0 unspecified atom stereocenters. The van der Waals surface area contributed by atoms with Crippen LogP contribution in [-0.2, 0) is 10.7 Å². The van der Waals surface area contributed by atoms with E-state index in [2.05, 4.69) is 45.2 Å². The molecular weight excluding hydrogens is 442 g/mol. The quantitative estimate of drug-likeness (QED) is 0.429. The van der Waals surface area contributed by atoms with Crippen molar-refractivity contribution in [3.05, 3.63) is 34.9 Å². The molecule has 1 aromatic carbocycles. The van der Waals surface area contributed by atoms with Crippen LogP contribution in [0.2, 0.25) is 0 Å². The molecule has 0 aliphatic rings. The first-order chi connectivity index (χ1) is 6.93. The topological polar surface area (TPSA) is 51.2 Å². The molecule has 0 aliphatic heterocycles. The van der Waals surface area contributed by atoms with Gasteiger partial charge in [-0.15, -0.1) is 0 Å². The highest BCUT2D eigenvalue weighted by atomic mass is 127. The van der Waals surface area contributed by atoms with Crippen molar-refractivity contribution in [3.8, 4) is 0 Å². The first-order valence-corrected chi connectivity index (χ1v) is 7.67. The molecule has 3 nitrogen and oxygen atoms in total. The highest BCUT2D eigenvalue weighted by Gasteiger charge is 2.17. The summed E-state index contributed by atoms with van der Waals surface area (Å²) in [6.07, 6.45) is 0. The van der Waals surface area contributed by atoms with E-state index in [1.54, 1.807) is 12.1 Å². The summed E-state index contributed by atoms with van der Waals surface area (Å²) in [4.78, 5) is 11.4. The summed E-state index contributed by atoms with van der Waals surface area (Å²) in [7, 11) is -3.03. The lowest BCUT2D eigenvalue weighted by atomic mass is 10.1. The summed E-state index contributed by atoms with van der Waals surface area (Å²) in [5.74, 6) is 0. The number of hydrogen-bond donors (Lipinski definition) is 1. The van der Waals surface area contributed by atoms with Crippen molar-refractivity contribution >= 4 is 61.0 Å². The zero-order valence-electron chi connectivity index (χ0n) is 7.74. The van der Waals surface area contributed by atoms with Gasteiger partial charge in [-0.25, -0.2) is 8.42 Å². The zero-order chi connectivity index (χ0) is 11.6. The van der Waals surface area contributed by atoms with Gasteiger partial charge in [-0.3, -0.25) is 4.79 Å². The molecule has 0 fully saturated rings. The van der Waals surface area contributed by atoms with E-state index in [1.165, 1.54) is 0 Å². The molecule has 0 N–H and O–H groups in total. The van der Waals surface area contributed by atoms with Gasteiger partial charge in [0.25, 0.3) is 5.12 Å². The molecule has 1 rings (SSSR count). The summed E-state index contributed by atoms with van der Waals surface area (Å²) >= 11 is 4.29. The number of carbonyl (C=O) groups excluding carboxylic acids is 1. The van der Waals surface area contributed by atoms with Crippen molar-refractivity contribution in [2.75, 3.05) is 0 Å². The summed E-state index contributed by atoms with van der Waals surface area (Å²) in [6, 6.07) is 5.16. The Morgan fingerprint density at radius 3 is 2.40 bits per heavy atom. The third-order valence-electron chi connectivity index (χ3n) is 1.84. The van der Waals surface area contributed by atoms with Gasteiger partial charge in [-0.2, -0.15) is 0 Å². The molecule has 0 saturated heterocycles. The highest BCUT2D eigenvalue weighted by Crippen LogP contribution is 2.33. The average molecular weight is 450 g/mol. The summed E-state index contributed by atoms with van der Waals surface area (Å²) < 4.78 is 21.4. The maximum Gasteiger partial charge on any atom is 0.274 e. The minimum absolute atomic E-state index is 0.0778. The van der Waals surface area contributed by atoms with Gasteiger partial charge in [0.2, 0.25) is 10.7 Å². The van der Waals surface area contributed by atoms with E-state index in [9.17, 15) is 13.2 Å². The lowest BCUT2D eigenvalue weighted by molar-refractivity contribution is 0.108. The van der Waals surface area contributed by atoms with Crippen molar-refractivity contribution in [3.63, 3.8) is 0 Å². The molecule has 0 atom stereocenters. The van der Waals surface area contributed by atoms with Crippen LogP contribution >= 0.6 is 45.2 Å². The number of benzene rings is 1. The molecule has 0 aromatic heterocycles. The van der Waals surface area contributed by atoms with Crippen LogP contribution in [0.15, 0.2) is 18.2 Å². The van der Waals surface area contributed by atoms with E-state index in [4.69, 9.17) is 0 Å². The highest BCUT2D eigenvalue weighted by molar-refractivity contribution is 14.2. The van der Waals surface area contributed by atoms with Crippen LogP contribution in [-0.4, -0.2) is 13.5 Å². The number of hydrogen-bond acceptors (Lipinski definition) is 3. The minimum Gasteiger partial charge on any atom is -0.276 e. The van der Waals surface area contributed by atoms with Crippen LogP contribution < -0.4 is 0 Å². The maximum absolute atomic E-state index is 11.4. The Morgan fingerprint density at radius 2 is 1.93 bits per heavy atom. The smallest absolute Gasteiger partial charge is 0.274 e. The van der Waals surface area contributed by atoms with Gasteiger partial charge in [0.05, 0.1) is 1.93 Å². The lowest BCUT2D eigenvalue weighted by Crippen LogP contribution is -2.05. The monoisotopic (exact) mass is 450 g/mol. The van der Waals surface area contributed by atoms with Gasteiger partial charge in [0.15, 0.2) is 0 Å². The van der Waals surface area contributed by atoms with E-state index in [0.717, 1.165) is 11.1 Å². The molecule has 15 heavy (non-hydrogen) atoms. The third kappa shape index (κ3) is 3.38. The fraction of sp³-hybridized carbons (Fsp3) is 0.222. The van der Waals surface area contributed by atoms with Gasteiger partial charge < -0.3 is 0 Å². The number of alkyl halides is 2. The van der Waals surface area contributed by atoms with Gasteiger partial charge in [-0.1, -0.05) is 62.9 Å². The van der Waals surface area contributed by atoms with Crippen LogP contribution in [0.1, 0.15) is 23.4 Å². The first-order valence-electron chi connectivity index (χ1n) is 4.01. The average Bonchev–Trinajstić information content (AvgIpc) is 2.16. The number of carbonyl (C=O) groups is 1. The van der Waals surface area contributed by atoms with Crippen LogP contribution in [0.4, 0.5) is 0 Å². The summed E-state index contributed by atoms with van der Waals surface area (Å²) in [5.41, 5.74) is 2.06. The van der Waals surface area contributed by atoms with Crippen molar-refractivity contribution in [1.29, 1.82) is 0 Å². The molecule has 0 aliphatic carbocycles. The number of halogens is 2. The molecule has 0 amide bonds. The van der Waals surface area contributed by atoms with Gasteiger partial charge in [-0.05, 0) is 18.6 Å². The van der Waals surface area contributed by atoms with Crippen molar-refractivity contribution in [1.82, 2.24) is 0 Å². The molecule has 0 saturated carbocycles. The Labute approximate surface area is 117 Å². The molecule has 0 bridgehead atoms. The first kappa shape index (κ1) is 13.4. The summed E-state index contributed by atoms with van der Waals surface area (Å²) in [5, 5.41) is -0.807. The van der Waals surface area contributed by atoms with E-state index in [-0.39, 0.29) is 7.49 Å². The van der Waals surface area contributed by atoms with Gasteiger partial charge in [0.1, 0.15) is 0 Å². The molecule has 1 aromatic rings. The Bertz CT molecular complexity index is 458. The molecule has 0 spiro atoms. The van der Waals surface area contributed by atoms with Crippen molar-refractivity contribution in [2.45, 2.75) is 8.86 Å². The van der Waals surface area contributed by atoms with Crippen LogP contribution in [0, 0.1) is 6.92 Å². The van der Waals surface area contributed by atoms with Gasteiger partial charge >= 0.3 is 0 Å². The van der Waals surface area contributed by atoms with Crippen molar-refractivity contribution in [2.24, 2.45) is 0 Å². The van der Waals surface area contributed by atoms with E-state index < -0.39 is 15.8 Å². The second kappa shape index (κ2) is 5.58. The molecule has 82 valence electrons. The van der Waals surface area contributed by atoms with Gasteiger partial charge in [0, 0.05) is 5.56 Å². The molecular formula is C9H8I2O3S. The predicted octanol–water partition coefficient (Wildman–Crippen LogP) is 2.62. The largest absolute Gasteiger partial charge is 0.276 e. The Morgan fingerprint density at radius 1 is 1.33 bits per heavy atom. The van der Waals surface area contributed by atoms with Crippen molar-refractivity contribution < 1.29 is 13.2 Å². The van der Waals surface area contributed by atoms with Crippen LogP contribution in [0.25, 0.3) is 0 Å². The van der Waals surface area contributed by atoms with Crippen LogP contribution in [0.3, 0.4) is 0 Å². The van der Waals surface area contributed by atoms with E-state index in [0.29, 0.717) is 0 Å². The number of aryl methyl sites for hydroxylation is 1. The Kier molecular flexibility index (Phi) is 4.97. The van der Waals surface area contributed by atoms with E-state index >= 15 is 0 Å². The predicted molar refractivity (Wildman–Crippen MR) is 76.6 cm³/mol. The zero-order valence-corrected chi connectivity index (χ0v) is 12.9. The Balaban J connectivity index is 3.35. The third-order valence-corrected chi connectivity index (χ3v) is 3.75. The molecule has 6 heteroatoms.